The summed E-state index contributed by atoms with van der Waals surface area (Å²) in [6, 6.07) is 7.46. The lowest BCUT2D eigenvalue weighted by Crippen LogP contribution is -2.43. The van der Waals surface area contributed by atoms with Gasteiger partial charge in [-0.25, -0.2) is 0 Å². The Morgan fingerprint density at radius 2 is 1.95 bits per heavy atom. The zero-order valence-electron chi connectivity index (χ0n) is 12.6. The third-order valence-electron chi connectivity index (χ3n) is 4.70. The quantitative estimate of drug-likeness (QED) is 0.865. The molecule has 0 unspecified atom stereocenters. The maximum Gasteiger partial charge on any atom is 0.393 e. The second-order valence-corrected chi connectivity index (χ2v) is 6.74. The maximum atomic E-state index is 13.1. The summed E-state index contributed by atoms with van der Waals surface area (Å²) in [5, 5.41) is 2.71. The molecule has 22 heavy (non-hydrogen) atoms. The van der Waals surface area contributed by atoms with Crippen LogP contribution >= 0.6 is 0 Å². The number of hydrogen-bond donors (Lipinski definition) is 1. The fourth-order valence-electron chi connectivity index (χ4n) is 3.53. The number of anilines is 1. The first kappa shape index (κ1) is 15.3. The van der Waals surface area contributed by atoms with E-state index in [0.29, 0.717) is 6.54 Å². The lowest BCUT2D eigenvalue weighted by molar-refractivity contribution is -0.181. The summed E-state index contributed by atoms with van der Waals surface area (Å²) in [5.74, 6) is -3.07. The molecule has 1 aromatic rings. The Kier molecular flexibility index (Phi) is 3.47. The molecule has 6 heteroatoms. The number of para-hydroxylation sites is 1. The monoisotopic (exact) mass is 312 g/mol. The molecule has 3 nitrogen and oxygen atoms in total. The third-order valence-corrected chi connectivity index (χ3v) is 4.70. The molecule has 0 bridgehead atoms. The number of carbonyl (C=O) groups is 1. The number of benzene rings is 1. The predicted octanol–water partition coefficient (Wildman–Crippen LogP) is 2.71. The van der Waals surface area contributed by atoms with Crippen molar-refractivity contribution >= 4 is 11.6 Å². The van der Waals surface area contributed by atoms with Gasteiger partial charge in [0.15, 0.2) is 0 Å². The summed E-state index contributed by atoms with van der Waals surface area (Å²) < 4.78 is 39.3. The Morgan fingerprint density at radius 3 is 2.64 bits per heavy atom. The smallest absolute Gasteiger partial charge is 0.315 e. The Morgan fingerprint density at radius 1 is 1.27 bits per heavy atom. The van der Waals surface area contributed by atoms with Crippen molar-refractivity contribution in [2.45, 2.75) is 25.4 Å². The van der Waals surface area contributed by atoms with Crippen LogP contribution in [0.4, 0.5) is 18.9 Å². The van der Waals surface area contributed by atoms with Crippen LogP contribution in [0.1, 0.15) is 19.4 Å². The highest BCUT2D eigenvalue weighted by molar-refractivity contribution is 5.98. The number of fused-ring (bicyclic) bond motifs is 1. The summed E-state index contributed by atoms with van der Waals surface area (Å²) >= 11 is 0. The van der Waals surface area contributed by atoms with Crippen LogP contribution < -0.4 is 10.2 Å². The average molecular weight is 312 g/mol. The van der Waals surface area contributed by atoms with Crippen LogP contribution in [-0.2, 0) is 10.2 Å². The van der Waals surface area contributed by atoms with Gasteiger partial charge in [-0.05, 0) is 11.6 Å². The van der Waals surface area contributed by atoms with Crippen LogP contribution in [0, 0.1) is 11.8 Å². The molecule has 2 aliphatic rings. The lowest BCUT2D eigenvalue weighted by Gasteiger charge is -2.27. The van der Waals surface area contributed by atoms with Crippen LogP contribution in [0.3, 0.4) is 0 Å². The van der Waals surface area contributed by atoms with E-state index in [2.05, 4.69) is 5.32 Å². The normalized spacial score (nSPS) is 27.0. The van der Waals surface area contributed by atoms with Gasteiger partial charge in [0.2, 0.25) is 5.91 Å². The van der Waals surface area contributed by atoms with Crippen molar-refractivity contribution in [3.63, 3.8) is 0 Å². The van der Waals surface area contributed by atoms with E-state index in [0.717, 1.165) is 11.3 Å². The number of nitrogens with one attached hydrogen (secondary N) is 1. The van der Waals surface area contributed by atoms with E-state index in [4.69, 9.17) is 0 Å². The number of hydrogen-bond acceptors (Lipinski definition) is 2. The highest BCUT2D eigenvalue weighted by Crippen LogP contribution is 2.43. The fourth-order valence-corrected chi connectivity index (χ4v) is 3.53. The van der Waals surface area contributed by atoms with Crippen LogP contribution in [0.25, 0.3) is 0 Å². The van der Waals surface area contributed by atoms with E-state index >= 15 is 0 Å². The minimum Gasteiger partial charge on any atom is -0.315 e. The molecule has 2 atom stereocenters. The summed E-state index contributed by atoms with van der Waals surface area (Å²) in [5.41, 5.74) is 1.51. The molecule has 0 aliphatic carbocycles. The van der Waals surface area contributed by atoms with E-state index in [1.54, 1.807) is 0 Å². The van der Waals surface area contributed by atoms with Gasteiger partial charge in [-0.15, -0.1) is 0 Å². The summed E-state index contributed by atoms with van der Waals surface area (Å²) in [6.07, 6.45) is -4.35. The number of amides is 1. The van der Waals surface area contributed by atoms with Gasteiger partial charge in [0.05, 0.1) is 11.8 Å². The van der Waals surface area contributed by atoms with Crippen molar-refractivity contribution in [2.75, 3.05) is 24.5 Å². The van der Waals surface area contributed by atoms with Crippen molar-refractivity contribution in [1.29, 1.82) is 0 Å². The van der Waals surface area contributed by atoms with Crippen LogP contribution in [-0.4, -0.2) is 31.7 Å². The molecule has 0 spiro atoms. The molecule has 0 radical (unpaired) electrons. The molecule has 120 valence electrons. The van der Waals surface area contributed by atoms with Crippen molar-refractivity contribution < 1.29 is 18.0 Å². The van der Waals surface area contributed by atoms with E-state index in [9.17, 15) is 18.0 Å². The first-order chi connectivity index (χ1) is 10.2. The van der Waals surface area contributed by atoms with Crippen LogP contribution in [0.5, 0.6) is 0 Å². The zero-order valence-corrected chi connectivity index (χ0v) is 12.6. The Labute approximate surface area is 127 Å². The summed E-state index contributed by atoms with van der Waals surface area (Å²) in [7, 11) is 0. The molecule has 2 heterocycles. The summed E-state index contributed by atoms with van der Waals surface area (Å²) in [6.45, 7) is 4.34. The maximum absolute atomic E-state index is 13.1. The Bertz CT molecular complexity index is 597. The average Bonchev–Trinajstić information content (AvgIpc) is 3.02. The first-order valence-corrected chi connectivity index (χ1v) is 7.40. The second-order valence-electron chi connectivity index (χ2n) is 6.74. The van der Waals surface area contributed by atoms with Crippen LogP contribution in [0.15, 0.2) is 24.3 Å². The first-order valence-electron chi connectivity index (χ1n) is 7.40. The van der Waals surface area contributed by atoms with Crippen LogP contribution in [0.2, 0.25) is 0 Å². The van der Waals surface area contributed by atoms with Crippen molar-refractivity contribution in [3.8, 4) is 0 Å². The molecule has 3 rings (SSSR count). The number of carbonyl (C=O) groups excluding carboxylic acids is 1. The third kappa shape index (κ3) is 2.39. The molecule has 1 fully saturated rings. The lowest BCUT2D eigenvalue weighted by atomic mass is 9.87. The molecule has 0 saturated carbocycles. The minimum absolute atomic E-state index is 0.0854. The van der Waals surface area contributed by atoms with Crippen molar-refractivity contribution in [1.82, 2.24) is 5.32 Å². The highest BCUT2D eigenvalue weighted by atomic mass is 19.4. The molecule has 1 aromatic carbocycles. The Balaban J connectivity index is 1.91. The van der Waals surface area contributed by atoms with Gasteiger partial charge in [-0.3, -0.25) is 4.79 Å². The second kappa shape index (κ2) is 4.98. The number of halogens is 3. The molecular weight excluding hydrogens is 293 g/mol. The number of alkyl halides is 3. The molecule has 1 N–H and O–H groups in total. The van der Waals surface area contributed by atoms with Gasteiger partial charge in [0, 0.05) is 30.7 Å². The SMILES string of the molecule is CC1(C)CN(C(=O)[C@@H]2CNC[C@H]2C(F)(F)F)c2ccccc21. The van der Waals surface area contributed by atoms with Crippen molar-refractivity contribution in [3.05, 3.63) is 29.8 Å². The topological polar surface area (TPSA) is 32.3 Å². The van der Waals surface area contributed by atoms with Gasteiger partial charge in [0.25, 0.3) is 0 Å². The van der Waals surface area contributed by atoms with Crippen molar-refractivity contribution in [2.24, 2.45) is 11.8 Å². The van der Waals surface area contributed by atoms with Gasteiger partial charge >= 0.3 is 6.18 Å². The molecule has 2 aliphatic heterocycles. The van der Waals surface area contributed by atoms with Gasteiger partial charge in [0.1, 0.15) is 0 Å². The predicted molar refractivity (Wildman–Crippen MR) is 77.7 cm³/mol. The van der Waals surface area contributed by atoms with E-state index in [1.807, 2.05) is 38.1 Å². The largest absolute Gasteiger partial charge is 0.393 e. The number of rotatable bonds is 1. The van der Waals surface area contributed by atoms with E-state index < -0.39 is 23.9 Å². The zero-order chi connectivity index (χ0) is 16.1. The molecule has 1 saturated heterocycles. The fraction of sp³-hybridized carbons (Fsp3) is 0.562. The molecule has 0 aromatic heterocycles. The van der Waals surface area contributed by atoms with E-state index in [-0.39, 0.29) is 18.5 Å². The molecule has 1 amide bonds. The van der Waals surface area contributed by atoms with Gasteiger partial charge in [-0.2, -0.15) is 13.2 Å². The minimum atomic E-state index is -4.35. The molecular formula is C16H19F3N2O. The standard InChI is InChI=1S/C16H19F3N2O/c1-15(2)9-21(13-6-4-3-5-11(13)15)14(22)10-7-20-8-12(10)16(17,18)19/h3-6,10,12,20H,7-9H2,1-2H3/t10-,12-/m1/s1. The summed E-state index contributed by atoms with van der Waals surface area (Å²) in [4.78, 5) is 14.3. The Hall–Kier alpha value is -1.56. The van der Waals surface area contributed by atoms with Gasteiger partial charge < -0.3 is 10.2 Å². The van der Waals surface area contributed by atoms with Gasteiger partial charge in [-0.1, -0.05) is 32.0 Å². The van der Waals surface area contributed by atoms with E-state index in [1.165, 1.54) is 4.90 Å². The highest BCUT2D eigenvalue weighted by Gasteiger charge is 2.52. The number of nitrogens with zero attached hydrogens (tertiary/aromatic N) is 1.